The predicted octanol–water partition coefficient (Wildman–Crippen LogP) is 5.48. The molecule has 0 saturated heterocycles. The normalized spacial score (nSPS) is 13.3. The van der Waals surface area contributed by atoms with Crippen molar-refractivity contribution in [2.45, 2.75) is 25.9 Å². The van der Waals surface area contributed by atoms with Crippen LogP contribution < -0.4 is 19.5 Å². The molecule has 35 heavy (non-hydrogen) atoms. The summed E-state index contributed by atoms with van der Waals surface area (Å²) in [4.78, 5) is 28.3. The summed E-state index contributed by atoms with van der Waals surface area (Å²) in [5, 5.41) is 3.35. The third kappa shape index (κ3) is 5.20. The Kier molecular flexibility index (Phi) is 7.46. The highest BCUT2D eigenvalue weighted by Gasteiger charge is 2.35. The fraction of sp³-hybridized carbons (Fsp3) is 0.259. The van der Waals surface area contributed by atoms with Gasteiger partial charge in [0.05, 0.1) is 39.0 Å². The van der Waals surface area contributed by atoms with Crippen LogP contribution in [0.5, 0.6) is 17.2 Å². The van der Waals surface area contributed by atoms with E-state index in [0.717, 1.165) is 11.1 Å². The van der Waals surface area contributed by atoms with Crippen LogP contribution in [0.25, 0.3) is 0 Å². The summed E-state index contributed by atoms with van der Waals surface area (Å²) < 4.78 is 16.5. The summed E-state index contributed by atoms with van der Waals surface area (Å²) >= 11 is 6.12. The molecule has 8 heteroatoms. The molecule has 0 radical (unpaired) electrons. The molecule has 0 spiro atoms. The molecule has 3 aromatic rings. The van der Waals surface area contributed by atoms with Gasteiger partial charge in [-0.3, -0.25) is 9.59 Å². The minimum atomic E-state index is -0.537. The molecule has 0 bridgehead atoms. The van der Waals surface area contributed by atoms with E-state index in [2.05, 4.69) is 5.32 Å². The molecule has 1 atom stereocenters. The summed E-state index contributed by atoms with van der Waals surface area (Å²) in [5.74, 6) is 1.22. The maximum atomic E-state index is 13.3. The molecule has 182 valence electrons. The molecular weight excluding hydrogens is 468 g/mol. The first-order valence-corrected chi connectivity index (χ1v) is 11.7. The van der Waals surface area contributed by atoms with Crippen LogP contribution in [-0.4, -0.2) is 37.5 Å². The zero-order chi connectivity index (χ0) is 24.9. The SMILES string of the molecule is CCOc1ccc([C@H](CC(=O)Nc2cc(Cl)ccc2OC)N2Cc3ccccc3C2=O)cc1OC. The number of nitrogens with one attached hydrogen (secondary N) is 1. The van der Waals surface area contributed by atoms with Gasteiger partial charge in [0.1, 0.15) is 5.75 Å². The number of nitrogens with zero attached hydrogens (tertiary/aromatic N) is 1. The standard InChI is InChI=1S/C27H27ClN2O5/c1-4-35-24-11-9-17(13-25(24)34-3)22(30-16-18-7-5-6-8-20(18)27(30)32)15-26(31)29-21-14-19(28)10-12-23(21)33-2/h5-14,22H,4,15-16H2,1-3H3,(H,29,31)/t22-/m0/s1. The van der Waals surface area contributed by atoms with Gasteiger partial charge in [0, 0.05) is 17.1 Å². The summed E-state index contributed by atoms with van der Waals surface area (Å²) in [6, 6.07) is 17.4. The first kappa shape index (κ1) is 24.4. The van der Waals surface area contributed by atoms with E-state index in [1.54, 1.807) is 36.3 Å². The Labute approximate surface area is 209 Å². The van der Waals surface area contributed by atoms with Gasteiger partial charge in [0.2, 0.25) is 5.91 Å². The second-order valence-electron chi connectivity index (χ2n) is 8.05. The highest BCUT2D eigenvalue weighted by atomic mass is 35.5. The van der Waals surface area contributed by atoms with Crippen LogP contribution in [0.3, 0.4) is 0 Å². The van der Waals surface area contributed by atoms with Crippen molar-refractivity contribution in [2.75, 3.05) is 26.1 Å². The molecule has 1 aliphatic rings. The molecule has 1 heterocycles. The van der Waals surface area contributed by atoms with Crippen LogP contribution in [0.4, 0.5) is 5.69 Å². The number of fused-ring (bicyclic) bond motifs is 1. The molecule has 0 aromatic heterocycles. The third-order valence-corrected chi connectivity index (χ3v) is 6.15. The summed E-state index contributed by atoms with van der Waals surface area (Å²) in [7, 11) is 3.08. The zero-order valence-electron chi connectivity index (χ0n) is 19.8. The van der Waals surface area contributed by atoms with E-state index in [1.165, 1.54) is 7.11 Å². The van der Waals surface area contributed by atoms with E-state index < -0.39 is 6.04 Å². The van der Waals surface area contributed by atoms with Gasteiger partial charge < -0.3 is 24.4 Å². The van der Waals surface area contributed by atoms with Crippen molar-refractivity contribution in [2.24, 2.45) is 0 Å². The Morgan fingerprint density at radius 3 is 2.49 bits per heavy atom. The lowest BCUT2D eigenvalue weighted by molar-refractivity contribution is -0.117. The third-order valence-electron chi connectivity index (χ3n) is 5.91. The number of amides is 2. The summed E-state index contributed by atoms with van der Waals surface area (Å²) in [6.07, 6.45) is 0.0204. The van der Waals surface area contributed by atoms with E-state index >= 15 is 0 Å². The Balaban J connectivity index is 1.67. The number of rotatable bonds is 9. The number of hydrogen-bond donors (Lipinski definition) is 1. The van der Waals surface area contributed by atoms with Crippen LogP contribution in [-0.2, 0) is 11.3 Å². The maximum absolute atomic E-state index is 13.3. The van der Waals surface area contributed by atoms with Crippen LogP contribution in [0.2, 0.25) is 5.02 Å². The fourth-order valence-electron chi connectivity index (χ4n) is 4.26. The van der Waals surface area contributed by atoms with Crippen molar-refractivity contribution in [1.29, 1.82) is 0 Å². The lowest BCUT2D eigenvalue weighted by Gasteiger charge is -2.28. The number of carbonyl (C=O) groups is 2. The number of hydrogen-bond acceptors (Lipinski definition) is 5. The Hall–Kier alpha value is -3.71. The van der Waals surface area contributed by atoms with Gasteiger partial charge in [-0.15, -0.1) is 0 Å². The number of carbonyl (C=O) groups excluding carboxylic acids is 2. The van der Waals surface area contributed by atoms with Crippen LogP contribution in [0, 0.1) is 0 Å². The number of halogens is 1. The molecule has 0 aliphatic carbocycles. The Morgan fingerprint density at radius 1 is 1.03 bits per heavy atom. The van der Waals surface area contributed by atoms with E-state index in [4.69, 9.17) is 25.8 Å². The van der Waals surface area contributed by atoms with Crippen molar-refractivity contribution < 1.29 is 23.8 Å². The van der Waals surface area contributed by atoms with Crippen molar-refractivity contribution in [3.05, 3.63) is 82.4 Å². The average molecular weight is 495 g/mol. The fourth-order valence-corrected chi connectivity index (χ4v) is 4.43. The number of methoxy groups -OCH3 is 2. The number of benzene rings is 3. The van der Waals surface area contributed by atoms with E-state index in [-0.39, 0.29) is 18.2 Å². The topological polar surface area (TPSA) is 77.1 Å². The quantitative estimate of drug-likeness (QED) is 0.426. The van der Waals surface area contributed by atoms with Crippen molar-refractivity contribution in [3.8, 4) is 17.2 Å². The van der Waals surface area contributed by atoms with Gasteiger partial charge in [-0.1, -0.05) is 35.9 Å². The first-order chi connectivity index (χ1) is 16.9. The number of ether oxygens (including phenoxy) is 3. The van der Waals surface area contributed by atoms with Gasteiger partial charge in [0.25, 0.3) is 5.91 Å². The molecule has 2 amide bonds. The van der Waals surface area contributed by atoms with Crippen molar-refractivity contribution >= 4 is 29.1 Å². The Bertz CT molecular complexity index is 1250. The molecule has 1 aliphatic heterocycles. The van der Waals surface area contributed by atoms with E-state index in [9.17, 15) is 9.59 Å². The lowest BCUT2D eigenvalue weighted by atomic mass is 10.0. The molecule has 7 nitrogen and oxygen atoms in total. The largest absolute Gasteiger partial charge is 0.495 e. The molecule has 1 N–H and O–H groups in total. The molecule has 0 fully saturated rings. The molecule has 0 saturated carbocycles. The minimum Gasteiger partial charge on any atom is -0.495 e. The lowest BCUT2D eigenvalue weighted by Crippen LogP contribution is -2.32. The van der Waals surface area contributed by atoms with Gasteiger partial charge in [-0.2, -0.15) is 0 Å². The highest BCUT2D eigenvalue weighted by molar-refractivity contribution is 6.31. The van der Waals surface area contributed by atoms with Gasteiger partial charge in [-0.25, -0.2) is 0 Å². The second-order valence-corrected chi connectivity index (χ2v) is 8.48. The summed E-state index contributed by atoms with van der Waals surface area (Å²) in [6.45, 7) is 2.79. The van der Waals surface area contributed by atoms with Crippen LogP contribution >= 0.6 is 11.6 Å². The maximum Gasteiger partial charge on any atom is 0.255 e. The Morgan fingerprint density at radius 2 is 1.77 bits per heavy atom. The summed E-state index contributed by atoms with van der Waals surface area (Å²) in [5.41, 5.74) is 2.80. The van der Waals surface area contributed by atoms with Crippen LogP contribution in [0.1, 0.15) is 40.9 Å². The van der Waals surface area contributed by atoms with Crippen LogP contribution in [0.15, 0.2) is 60.7 Å². The molecule has 3 aromatic carbocycles. The zero-order valence-corrected chi connectivity index (χ0v) is 20.6. The van der Waals surface area contributed by atoms with Gasteiger partial charge in [-0.05, 0) is 54.4 Å². The second kappa shape index (κ2) is 10.7. The average Bonchev–Trinajstić information content (AvgIpc) is 3.19. The first-order valence-electron chi connectivity index (χ1n) is 11.3. The highest BCUT2D eigenvalue weighted by Crippen LogP contribution is 2.38. The number of anilines is 1. The van der Waals surface area contributed by atoms with E-state index in [1.807, 2.05) is 43.3 Å². The van der Waals surface area contributed by atoms with Crippen molar-refractivity contribution in [1.82, 2.24) is 4.90 Å². The minimum absolute atomic E-state index is 0.0204. The molecule has 0 unspecified atom stereocenters. The monoisotopic (exact) mass is 494 g/mol. The predicted molar refractivity (Wildman–Crippen MR) is 134 cm³/mol. The van der Waals surface area contributed by atoms with Gasteiger partial charge in [0.15, 0.2) is 11.5 Å². The van der Waals surface area contributed by atoms with Crippen molar-refractivity contribution in [3.63, 3.8) is 0 Å². The van der Waals surface area contributed by atoms with Gasteiger partial charge >= 0.3 is 0 Å². The van der Waals surface area contributed by atoms with E-state index in [0.29, 0.717) is 46.7 Å². The smallest absolute Gasteiger partial charge is 0.255 e. The molecular formula is C27H27ClN2O5. The molecule has 4 rings (SSSR count).